The number of ether oxygens (including phenoxy) is 3. The molecule has 0 bridgehead atoms. The lowest BCUT2D eigenvalue weighted by atomic mass is 9.66. The smallest absolute Gasteiger partial charge is 0.303 e. The van der Waals surface area contributed by atoms with Crippen molar-refractivity contribution in [1.82, 2.24) is 0 Å². The molecule has 0 aromatic carbocycles. The summed E-state index contributed by atoms with van der Waals surface area (Å²) < 4.78 is 16.6. The lowest BCUT2D eigenvalue weighted by molar-refractivity contribution is -0.235. The first-order valence-corrected chi connectivity index (χ1v) is 6.22. The number of hydrogen-bond donors (Lipinski definition) is 0. The molecule has 0 radical (unpaired) electrons. The minimum absolute atomic E-state index is 0.0741. The molecule has 1 saturated heterocycles. The molecule has 5 heteroatoms. The van der Waals surface area contributed by atoms with Gasteiger partial charge in [-0.1, -0.05) is 13.8 Å². The molecule has 18 heavy (non-hydrogen) atoms. The average Bonchev–Trinajstić information content (AvgIpc) is 2.60. The fourth-order valence-electron chi connectivity index (χ4n) is 3.23. The van der Waals surface area contributed by atoms with Crippen LogP contribution in [0.3, 0.4) is 0 Å². The zero-order valence-corrected chi connectivity index (χ0v) is 11.4. The maximum Gasteiger partial charge on any atom is 0.303 e. The number of rotatable bonds is 1. The number of esters is 1. The molecule has 5 nitrogen and oxygen atoms in total. The third-order valence-corrected chi connectivity index (χ3v) is 3.60. The van der Waals surface area contributed by atoms with Crippen LogP contribution in [-0.2, 0) is 23.8 Å². The van der Waals surface area contributed by atoms with Crippen LogP contribution in [0.5, 0.6) is 0 Å². The number of carbonyl (C=O) groups is 2. The third kappa shape index (κ3) is 2.17. The van der Waals surface area contributed by atoms with Gasteiger partial charge in [-0.25, -0.2) is 0 Å². The Labute approximate surface area is 107 Å². The summed E-state index contributed by atoms with van der Waals surface area (Å²) in [7, 11) is 0. The van der Waals surface area contributed by atoms with E-state index < -0.39 is 22.8 Å². The highest BCUT2D eigenvalue weighted by atomic mass is 16.7. The first-order chi connectivity index (χ1) is 8.19. The molecular formula is C13H20O5. The monoisotopic (exact) mass is 256 g/mol. The van der Waals surface area contributed by atoms with E-state index in [4.69, 9.17) is 14.2 Å². The Morgan fingerprint density at radius 2 is 1.72 bits per heavy atom. The second-order valence-corrected chi connectivity index (χ2v) is 6.00. The molecule has 102 valence electrons. The normalized spacial score (nSPS) is 33.7. The van der Waals surface area contributed by atoms with Crippen LogP contribution in [0.1, 0.15) is 40.5 Å². The van der Waals surface area contributed by atoms with Crippen LogP contribution < -0.4 is 0 Å². The summed E-state index contributed by atoms with van der Waals surface area (Å²) in [5.41, 5.74) is -1.80. The molecule has 2 aliphatic rings. The molecule has 0 amide bonds. The molecule has 1 spiro atoms. The zero-order chi connectivity index (χ0) is 13.6. The van der Waals surface area contributed by atoms with E-state index in [2.05, 4.69) is 0 Å². The van der Waals surface area contributed by atoms with Gasteiger partial charge in [0.15, 0.2) is 17.2 Å². The van der Waals surface area contributed by atoms with Crippen LogP contribution in [-0.4, -0.2) is 36.4 Å². The van der Waals surface area contributed by atoms with E-state index in [0.717, 1.165) is 0 Å². The lowest BCUT2D eigenvalue weighted by Crippen LogP contribution is -2.59. The molecule has 1 atom stereocenters. The highest BCUT2D eigenvalue weighted by Crippen LogP contribution is 2.48. The van der Waals surface area contributed by atoms with Gasteiger partial charge in [0.25, 0.3) is 0 Å². The Balaban J connectivity index is 2.33. The predicted molar refractivity (Wildman–Crippen MR) is 62.8 cm³/mol. The van der Waals surface area contributed by atoms with Crippen LogP contribution in [0, 0.1) is 5.41 Å². The highest BCUT2D eigenvalue weighted by molar-refractivity contribution is 5.94. The number of Topliss-reactive ketones (excluding diaryl/α,β-unsaturated/α-hetero) is 1. The van der Waals surface area contributed by atoms with Gasteiger partial charge in [-0.05, 0) is 6.92 Å². The van der Waals surface area contributed by atoms with Gasteiger partial charge in [0.05, 0.1) is 13.2 Å². The second-order valence-electron chi connectivity index (χ2n) is 6.00. The molecule has 1 aliphatic heterocycles. The van der Waals surface area contributed by atoms with Crippen molar-refractivity contribution in [3.8, 4) is 0 Å². The number of carbonyl (C=O) groups excluding carboxylic acids is 2. The minimum atomic E-state index is -1.17. The van der Waals surface area contributed by atoms with Gasteiger partial charge in [0.2, 0.25) is 0 Å². The van der Waals surface area contributed by atoms with E-state index in [1.807, 2.05) is 13.8 Å². The van der Waals surface area contributed by atoms with Crippen molar-refractivity contribution in [2.75, 3.05) is 13.2 Å². The number of ketones is 1. The zero-order valence-electron chi connectivity index (χ0n) is 11.4. The standard InChI is InChI=1S/C13H20O5/c1-9(14)18-12(4)8-13(16-5-6-17-13)7-11(2,3)10(12)15/h5-8H2,1-4H3. The van der Waals surface area contributed by atoms with Crippen molar-refractivity contribution in [2.45, 2.75) is 51.9 Å². The van der Waals surface area contributed by atoms with Crippen LogP contribution in [0.2, 0.25) is 0 Å². The highest BCUT2D eigenvalue weighted by Gasteiger charge is 2.59. The summed E-state index contributed by atoms with van der Waals surface area (Å²) in [5.74, 6) is -1.33. The minimum Gasteiger partial charge on any atom is -0.451 e. The fraction of sp³-hybridized carbons (Fsp3) is 0.846. The molecule has 1 saturated carbocycles. The van der Waals surface area contributed by atoms with Crippen LogP contribution >= 0.6 is 0 Å². The summed E-state index contributed by atoms with van der Waals surface area (Å²) in [6.45, 7) is 7.65. The Bertz CT molecular complexity index is 381. The van der Waals surface area contributed by atoms with Gasteiger partial charge in [-0.15, -0.1) is 0 Å². The Kier molecular flexibility index (Phi) is 3.02. The summed E-state index contributed by atoms with van der Waals surface area (Å²) in [6, 6.07) is 0. The summed E-state index contributed by atoms with van der Waals surface area (Å²) in [5, 5.41) is 0. The van der Waals surface area contributed by atoms with E-state index in [1.54, 1.807) is 6.92 Å². The van der Waals surface area contributed by atoms with Crippen molar-refractivity contribution in [3.05, 3.63) is 0 Å². The maximum absolute atomic E-state index is 12.5. The van der Waals surface area contributed by atoms with Gasteiger partial charge >= 0.3 is 5.97 Å². The van der Waals surface area contributed by atoms with Gasteiger partial charge in [-0.2, -0.15) is 0 Å². The molecule has 0 aromatic rings. The average molecular weight is 256 g/mol. The third-order valence-electron chi connectivity index (χ3n) is 3.60. The second kappa shape index (κ2) is 4.03. The van der Waals surface area contributed by atoms with Gasteiger partial charge in [0.1, 0.15) is 0 Å². The van der Waals surface area contributed by atoms with E-state index in [0.29, 0.717) is 19.6 Å². The lowest BCUT2D eigenvalue weighted by Gasteiger charge is -2.47. The van der Waals surface area contributed by atoms with Crippen LogP contribution in [0.25, 0.3) is 0 Å². The van der Waals surface area contributed by atoms with Gasteiger partial charge < -0.3 is 14.2 Å². The molecule has 0 N–H and O–H groups in total. The quantitative estimate of drug-likeness (QED) is 0.664. The van der Waals surface area contributed by atoms with Crippen molar-refractivity contribution < 1.29 is 23.8 Å². The first kappa shape index (κ1) is 13.5. The van der Waals surface area contributed by atoms with Crippen molar-refractivity contribution in [3.63, 3.8) is 0 Å². The number of hydrogen-bond acceptors (Lipinski definition) is 5. The Morgan fingerprint density at radius 1 is 1.17 bits per heavy atom. The summed E-state index contributed by atoms with van der Waals surface area (Å²) in [6.07, 6.45) is 0.761. The van der Waals surface area contributed by atoms with Crippen LogP contribution in [0.4, 0.5) is 0 Å². The van der Waals surface area contributed by atoms with Crippen molar-refractivity contribution in [2.24, 2.45) is 5.41 Å². The van der Waals surface area contributed by atoms with E-state index in [-0.39, 0.29) is 12.2 Å². The van der Waals surface area contributed by atoms with Gasteiger partial charge in [-0.3, -0.25) is 9.59 Å². The van der Waals surface area contributed by atoms with Crippen molar-refractivity contribution in [1.29, 1.82) is 0 Å². The van der Waals surface area contributed by atoms with E-state index in [9.17, 15) is 9.59 Å². The predicted octanol–water partition coefficient (Wildman–Crippen LogP) is 1.44. The molecular weight excluding hydrogens is 236 g/mol. The SMILES string of the molecule is CC(=O)OC1(C)CC2(CC(C)(C)C1=O)OCCO2. The molecule has 1 unspecified atom stereocenters. The fourth-order valence-corrected chi connectivity index (χ4v) is 3.23. The van der Waals surface area contributed by atoms with Gasteiger partial charge in [0, 0.05) is 25.2 Å². The van der Waals surface area contributed by atoms with E-state index in [1.165, 1.54) is 6.92 Å². The van der Waals surface area contributed by atoms with E-state index >= 15 is 0 Å². The maximum atomic E-state index is 12.5. The molecule has 2 rings (SSSR count). The summed E-state index contributed by atoms with van der Waals surface area (Å²) in [4.78, 5) is 23.7. The molecule has 1 heterocycles. The largest absolute Gasteiger partial charge is 0.451 e. The topological polar surface area (TPSA) is 61.8 Å². The molecule has 1 aliphatic carbocycles. The molecule has 0 aromatic heterocycles. The summed E-state index contributed by atoms with van der Waals surface area (Å²) >= 11 is 0. The first-order valence-electron chi connectivity index (χ1n) is 6.22. The molecule has 2 fully saturated rings. The Hall–Kier alpha value is -0.940. The Morgan fingerprint density at radius 3 is 2.22 bits per heavy atom. The van der Waals surface area contributed by atoms with Crippen LogP contribution in [0.15, 0.2) is 0 Å². The van der Waals surface area contributed by atoms with Crippen molar-refractivity contribution >= 4 is 11.8 Å².